The lowest BCUT2D eigenvalue weighted by Gasteiger charge is -2.02. The smallest absolute Gasteiger partial charge is 0.221 e. The molecule has 0 unspecified atom stereocenters. The molecule has 0 atom stereocenters. The molecule has 3 nitrogen and oxygen atoms in total. The number of carbonyl (C=O) groups is 1. The monoisotopic (exact) mass is 267 g/mol. The molecule has 0 aliphatic carbocycles. The number of nitrogens with one attached hydrogen (secondary N) is 1. The Morgan fingerprint density at radius 3 is 1.95 bits per heavy atom. The minimum atomic E-state index is -0.0720. The van der Waals surface area contributed by atoms with E-state index in [0.29, 0.717) is 0 Å². The van der Waals surface area contributed by atoms with Gasteiger partial charge in [-0.2, -0.15) is 0 Å². The molecule has 102 valence electrons. The van der Waals surface area contributed by atoms with Gasteiger partial charge in [-0.15, -0.1) is 0 Å². The Morgan fingerprint density at radius 2 is 1.50 bits per heavy atom. The van der Waals surface area contributed by atoms with E-state index < -0.39 is 0 Å². The Bertz CT molecular complexity index is 598. The number of aliphatic hydroxyl groups excluding tert-OH is 1. The third-order valence-electron chi connectivity index (χ3n) is 2.86. The number of benzene rings is 2. The van der Waals surface area contributed by atoms with Gasteiger partial charge in [-0.1, -0.05) is 48.6 Å². The van der Waals surface area contributed by atoms with Gasteiger partial charge in [0.15, 0.2) is 0 Å². The van der Waals surface area contributed by atoms with Crippen molar-refractivity contribution in [2.24, 2.45) is 0 Å². The molecule has 2 N–H and O–H groups in total. The summed E-state index contributed by atoms with van der Waals surface area (Å²) in [5, 5.41) is 11.7. The molecular weight excluding hydrogens is 250 g/mol. The van der Waals surface area contributed by atoms with Gasteiger partial charge in [0, 0.05) is 12.6 Å². The zero-order valence-corrected chi connectivity index (χ0v) is 11.3. The summed E-state index contributed by atoms with van der Waals surface area (Å²) in [6.07, 6.45) is 4.01. The van der Waals surface area contributed by atoms with Crippen LogP contribution in [0.4, 0.5) is 5.69 Å². The largest absolute Gasteiger partial charge is 0.392 e. The summed E-state index contributed by atoms with van der Waals surface area (Å²) in [4.78, 5) is 10.9. The lowest BCUT2D eigenvalue weighted by atomic mass is 10.1. The van der Waals surface area contributed by atoms with Crippen molar-refractivity contribution in [3.8, 4) is 0 Å². The SMILES string of the molecule is CC(=O)Nc1ccc(/C=C/c2ccc(CO)cc2)cc1. The third kappa shape index (κ3) is 4.07. The second-order valence-corrected chi connectivity index (χ2v) is 4.54. The molecule has 0 aliphatic heterocycles. The Morgan fingerprint density at radius 1 is 1.00 bits per heavy atom. The van der Waals surface area contributed by atoms with E-state index in [9.17, 15) is 4.79 Å². The maximum absolute atomic E-state index is 10.9. The van der Waals surface area contributed by atoms with Crippen LogP contribution in [-0.4, -0.2) is 11.0 Å². The van der Waals surface area contributed by atoms with Gasteiger partial charge < -0.3 is 10.4 Å². The average Bonchev–Trinajstić information content (AvgIpc) is 2.46. The molecule has 0 radical (unpaired) electrons. The maximum atomic E-state index is 10.9. The molecule has 0 aliphatic rings. The summed E-state index contributed by atoms with van der Waals surface area (Å²) in [5.74, 6) is -0.0720. The van der Waals surface area contributed by atoms with Gasteiger partial charge >= 0.3 is 0 Å². The highest BCUT2D eigenvalue weighted by Crippen LogP contribution is 2.13. The van der Waals surface area contributed by atoms with Gasteiger partial charge in [0.1, 0.15) is 0 Å². The molecule has 2 aromatic rings. The molecule has 0 fully saturated rings. The first kappa shape index (κ1) is 14.0. The Balaban J connectivity index is 2.04. The van der Waals surface area contributed by atoms with Crippen LogP contribution < -0.4 is 5.32 Å². The van der Waals surface area contributed by atoms with Crippen LogP contribution >= 0.6 is 0 Å². The first-order valence-corrected chi connectivity index (χ1v) is 6.43. The van der Waals surface area contributed by atoms with Crippen molar-refractivity contribution >= 4 is 23.7 Å². The second kappa shape index (κ2) is 6.68. The third-order valence-corrected chi connectivity index (χ3v) is 2.86. The molecule has 0 heterocycles. The summed E-state index contributed by atoms with van der Waals surface area (Å²) < 4.78 is 0. The number of amides is 1. The fourth-order valence-corrected chi connectivity index (χ4v) is 1.81. The average molecular weight is 267 g/mol. The lowest BCUT2D eigenvalue weighted by molar-refractivity contribution is -0.114. The van der Waals surface area contributed by atoms with Gasteiger partial charge in [-0.25, -0.2) is 0 Å². The highest BCUT2D eigenvalue weighted by Gasteiger charge is 1.95. The quantitative estimate of drug-likeness (QED) is 0.835. The maximum Gasteiger partial charge on any atom is 0.221 e. The summed E-state index contributed by atoms with van der Waals surface area (Å²) in [6.45, 7) is 1.55. The topological polar surface area (TPSA) is 49.3 Å². The summed E-state index contributed by atoms with van der Waals surface area (Å²) in [7, 11) is 0. The van der Waals surface area contributed by atoms with E-state index in [1.807, 2.05) is 60.7 Å². The molecule has 0 aromatic heterocycles. The van der Waals surface area contributed by atoms with Crippen molar-refractivity contribution in [1.29, 1.82) is 0 Å². The first-order valence-electron chi connectivity index (χ1n) is 6.43. The predicted molar refractivity (Wildman–Crippen MR) is 82.0 cm³/mol. The number of rotatable bonds is 4. The van der Waals surface area contributed by atoms with Crippen molar-refractivity contribution in [1.82, 2.24) is 0 Å². The minimum absolute atomic E-state index is 0.0641. The van der Waals surface area contributed by atoms with E-state index >= 15 is 0 Å². The van der Waals surface area contributed by atoms with Crippen LogP contribution in [-0.2, 0) is 11.4 Å². The first-order chi connectivity index (χ1) is 9.67. The minimum Gasteiger partial charge on any atom is -0.392 e. The highest BCUT2D eigenvalue weighted by atomic mass is 16.3. The zero-order valence-electron chi connectivity index (χ0n) is 11.3. The highest BCUT2D eigenvalue weighted by molar-refractivity contribution is 5.88. The standard InChI is InChI=1S/C17H17NO2/c1-13(20)18-17-10-8-15(9-11-17)3-2-14-4-6-16(12-19)7-5-14/h2-11,19H,12H2,1H3,(H,18,20)/b3-2+. The number of hydrogen-bond acceptors (Lipinski definition) is 2. The predicted octanol–water partition coefficient (Wildman–Crippen LogP) is 3.31. The molecular formula is C17H17NO2. The van der Waals surface area contributed by atoms with E-state index in [2.05, 4.69) is 5.32 Å². The molecule has 2 aromatic carbocycles. The molecule has 3 heteroatoms. The Hall–Kier alpha value is -2.39. The summed E-state index contributed by atoms with van der Waals surface area (Å²) in [6, 6.07) is 15.4. The lowest BCUT2D eigenvalue weighted by Crippen LogP contribution is -2.05. The molecule has 0 saturated carbocycles. The van der Waals surface area contributed by atoms with E-state index in [0.717, 1.165) is 22.4 Å². The second-order valence-electron chi connectivity index (χ2n) is 4.54. The van der Waals surface area contributed by atoms with E-state index in [4.69, 9.17) is 5.11 Å². The molecule has 1 amide bonds. The fraction of sp³-hybridized carbons (Fsp3) is 0.118. The van der Waals surface area contributed by atoms with Crippen molar-refractivity contribution in [2.45, 2.75) is 13.5 Å². The van der Waals surface area contributed by atoms with Crippen LogP contribution in [0.2, 0.25) is 0 Å². The molecule has 20 heavy (non-hydrogen) atoms. The Labute approximate surface area is 118 Å². The Kier molecular flexibility index (Phi) is 4.69. The summed E-state index contributed by atoms with van der Waals surface area (Å²) in [5.41, 5.74) is 3.84. The molecule has 0 bridgehead atoms. The number of anilines is 1. The van der Waals surface area contributed by atoms with Gasteiger partial charge in [-0.3, -0.25) is 4.79 Å². The molecule has 0 spiro atoms. The van der Waals surface area contributed by atoms with Gasteiger partial charge in [0.05, 0.1) is 6.61 Å². The van der Waals surface area contributed by atoms with E-state index in [-0.39, 0.29) is 12.5 Å². The van der Waals surface area contributed by atoms with E-state index in [1.54, 1.807) is 0 Å². The van der Waals surface area contributed by atoms with Gasteiger partial charge in [-0.05, 0) is 28.8 Å². The van der Waals surface area contributed by atoms with Crippen LogP contribution in [0.25, 0.3) is 12.2 Å². The summed E-state index contributed by atoms with van der Waals surface area (Å²) >= 11 is 0. The van der Waals surface area contributed by atoms with Crippen molar-refractivity contribution in [3.63, 3.8) is 0 Å². The number of hydrogen-bond donors (Lipinski definition) is 2. The number of aliphatic hydroxyl groups is 1. The van der Waals surface area contributed by atoms with Crippen molar-refractivity contribution in [3.05, 3.63) is 65.2 Å². The van der Waals surface area contributed by atoms with Crippen molar-refractivity contribution < 1.29 is 9.90 Å². The zero-order chi connectivity index (χ0) is 14.4. The van der Waals surface area contributed by atoms with Crippen molar-refractivity contribution in [2.75, 3.05) is 5.32 Å². The van der Waals surface area contributed by atoms with Crippen LogP contribution in [0.15, 0.2) is 48.5 Å². The van der Waals surface area contributed by atoms with Crippen LogP contribution in [0.1, 0.15) is 23.6 Å². The van der Waals surface area contributed by atoms with Gasteiger partial charge in [0.2, 0.25) is 5.91 Å². The van der Waals surface area contributed by atoms with Crippen LogP contribution in [0.5, 0.6) is 0 Å². The molecule has 0 saturated heterocycles. The van der Waals surface area contributed by atoms with E-state index in [1.165, 1.54) is 6.92 Å². The molecule has 2 rings (SSSR count). The fourth-order valence-electron chi connectivity index (χ4n) is 1.81. The van der Waals surface area contributed by atoms with Crippen LogP contribution in [0.3, 0.4) is 0 Å². The number of carbonyl (C=O) groups excluding carboxylic acids is 1. The van der Waals surface area contributed by atoms with Gasteiger partial charge in [0.25, 0.3) is 0 Å². The van der Waals surface area contributed by atoms with Crippen LogP contribution in [0, 0.1) is 0 Å². The normalized spacial score (nSPS) is 10.7.